The lowest BCUT2D eigenvalue weighted by atomic mass is 9.94. The molecular weight excluding hydrogens is 460 g/mol. The van der Waals surface area contributed by atoms with Gasteiger partial charge in [-0.3, -0.25) is 14.9 Å². The van der Waals surface area contributed by atoms with Crippen LogP contribution in [-0.4, -0.2) is 47.6 Å². The van der Waals surface area contributed by atoms with Crippen molar-refractivity contribution >= 4 is 35.1 Å². The summed E-state index contributed by atoms with van der Waals surface area (Å²) in [5.74, 6) is -1.02. The first-order chi connectivity index (χ1) is 16.0. The number of nitrogens with zero attached hydrogens (tertiary/aromatic N) is 1. The van der Waals surface area contributed by atoms with E-state index in [9.17, 15) is 14.7 Å². The lowest BCUT2D eigenvalue weighted by Gasteiger charge is -2.34. The highest BCUT2D eigenvalue weighted by molar-refractivity contribution is 7.98. The van der Waals surface area contributed by atoms with Crippen LogP contribution in [0.25, 0.3) is 0 Å². The molecule has 1 fully saturated rings. The average molecular weight is 485 g/mol. The smallest absolute Gasteiger partial charge is 0.251 e. The van der Waals surface area contributed by atoms with E-state index in [0.29, 0.717) is 24.6 Å². The third-order valence-corrected chi connectivity index (χ3v) is 7.19. The molecule has 0 unspecified atom stereocenters. The molecule has 1 saturated heterocycles. The van der Waals surface area contributed by atoms with Gasteiger partial charge in [0.1, 0.15) is 6.17 Å². The Labute approximate surface area is 202 Å². The van der Waals surface area contributed by atoms with Gasteiger partial charge in [0.25, 0.3) is 5.91 Å². The number of aliphatic hydroxyl groups excluding tert-OH is 1. The maximum Gasteiger partial charge on any atom is 0.251 e. The number of halogens is 1. The standard InChI is InChI=1S/C25H25ClN2O4S/c1-2-19(29)20(30)13-23(31)28-11-6-12-32-14-22(28)27-25-17-8-3-4-10-21(17)33-15-16-7-5-9-18(26)24(16)25/h2-5,7-10,13,22,25,27,30H,1,6,11-12,14-15H2/b20-13-/t22-,25+/m0/s1. The normalized spacial score (nSPS) is 20.8. The molecule has 172 valence electrons. The van der Waals surface area contributed by atoms with Crippen LogP contribution in [0.15, 0.2) is 71.9 Å². The minimum Gasteiger partial charge on any atom is -0.504 e. The number of allylic oxidation sites excluding steroid dienone is 1. The number of hydrogen-bond acceptors (Lipinski definition) is 6. The van der Waals surface area contributed by atoms with Crippen molar-refractivity contribution in [1.82, 2.24) is 10.2 Å². The van der Waals surface area contributed by atoms with Crippen LogP contribution in [-0.2, 0) is 20.1 Å². The van der Waals surface area contributed by atoms with Crippen molar-refractivity contribution < 1.29 is 19.4 Å². The Morgan fingerprint density at radius 1 is 1.24 bits per heavy atom. The predicted octanol–water partition coefficient (Wildman–Crippen LogP) is 4.40. The highest BCUT2D eigenvalue weighted by Gasteiger charge is 2.32. The molecule has 0 aromatic heterocycles. The minimum atomic E-state index is -0.700. The number of aliphatic hydroxyl groups is 1. The van der Waals surface area contributed by atoms with Gasteiger partial charge in [-0.2, -0.15) is 0 Å². The number of ketones is 1. The van der Waals surface area contributed by atoms with E-state index in [4.69, 9.17) is 16.3 Å². The van der Waals surface area contributed by atoms with Crippen molar-refractivity contribution in [3.8, 4) is 0 Å². The fourth-order valence-corrected chi connectivity index (χ4v) is 5.51. The molecule has 2 heterocycles. The molecule has 4 rings (SSSR count). The third-order valence-electron chi connectivity index (χ3n) is 5.72. The molecule has 1 amide bonds. The van der Waals surface area contributed by atoms with Gasteiger partial charge in [0, 0.05) is 34.9 Å². The molecule has 0 aliphatic carbocycles. The van der Waals surface area contributed by atoms with Crippen LogP contribution in [0.5, 0.6) is 0 Å². The summed E-state index contributed by atoms with van der Waals surface area (Å²) >= 11 is 8.45. The molecule has 6 nitrogen and oxygen atoms in total. The molecule has 0 radical (unpaired) electrons. The van der Waals surface area contributed by atoms with Gasteiger partial charge in [0.15, 0.2) is 5.76 Å². The van der Waals surface area contributed by atoms with E-state index in [2.05, 4.69) is 30.1 Å². The van der Waals surface area contributed by atoms with E-state index in [-0.39, 0.29) is 12.6 Å². The van der Waals surface area contributed by atoms with Gasteiger partial charge in [-0.15, -0.1) is 11.8 Å². The number of rotatable bonds is 5. The number of nitrogens with one attached hydrogen (secondary N) is 1. The number of hydrogen-bond donors (Lipinski definition) is 2. The van der Waals surface area contributed by atoms with Gasteiger partial charge in [0.2, 0.25) is 5.78 Å². The highest BCUT2D eigenvalue weighted by atomic mass is 35.5. The van der Waals surface area contributed by atoms with Crippen molar-refractivity contribution in [3.63, 3.8) is 0 Å². The van der Waals surface area contributed by atoms with E-state index in [1.54, 1.807) is 16.7 Å². The Balaban J connectivity index is 1.72. The van der Waals surface area contributed by atoms with Crippen molar-refractivity contribution in [1.29, 1.82) is 0 Å². The van der Waals surface area contributed by atoms with Crippen LogP contribution in [0, 0.1) is 0 Å². The first-order valence-electron chi connectivity index (χ1n) is 10.7. The Bertz CT molecular complexity index is 1100. The van der Waals surface area contributed by atoms with Crippen molar-refractivity contribution in [2.75, 3.05) is 19.8 Å². The number of benzene rings is 2. The quantitative estimate of drug-likeness (QED) is 0.484. The highest BCUT2D eigenvalue weighted by Crippen LogP contribution is 2.42. The topological polar surface area (TPSA) is 78.9 Å². The largest absolute Gasteiger partial charge is 0.504 e. The molecule has 2 N–H and O–H groups in total. The van der Waals surface area contributed by atoms with Gasteiger partial charge < -0.3 is 14.7 Å². The Kier molecular flexibility index (Phi) is 7.55. The molecule has 2 atom stereocenters. The molecule has 33 heavy (non-hydrogen) atoms. The maximum atomic E-state index is 13.0. The molecule has 2 aromatic carbocycles. The minimum absolute atomic E-state index is 0.265. The number of amides is 1. The van der Waals surface area contributed by atoms with E-state index in [0.717, 1.165) is 39.5 Å². The lowest BCUT2D eigenvalue weighted by molar-refractivity contribution is -0.130. The maximum absolute atomic E-state index is 13.0. The molecule has 2 aliphatic rings. The summed E-state index contributed by atoms with van der Waals surface area (Å²) in [5, 5.41) is 14.2. The van der Waals surface area contributed by atoms with Gasteiger partial charge in [0.05, 0.1) is 12.6 Å². The summed E-state index contributed by atoms with van der Waals surface area (Å²) in [7, 11) is 0. The molecule has 2 aromatic rings. The monoisotopic (exact) mass is 484 g/mol. The zero-order valence-electron chi connectivity index (χ0n) is 18.0. The summed E-state index contributed by atoms with van der Waals surface area (Å²) in [6, 6.07) is 13.8. The van der Waals surface area contributed by atoms with Crippen LogP contribution >= 0.6 is 23.4 Å². The summed E-state index contributed by atoms with van der Waals surface area (Å²) in [6.07, 6.45) is 2.07. The summed E-state index contributed by atoms with van der Waals surface area (Å²) in [5.41, 5.74) is 3.18. The van der Waals surface area contributed by atoms with Gasteiger partial charge in [-0.1, -0.05) is 48.5 Å². The molecular formula is C25H25ClN2O4S. The Morgan fingerprint density at radius 2 is 2.06 bits per heavy atom. The van der Waals surface area contributed by atoms with Crippen molar-refractivity contribution in [2.24, 2.45) is 0 Å². The number of carbonyl (C=O) groups is 2. The Hall–Kier alpha value is -2.58. The molecule has 0 saturated carbocycles. The zero-order valence-corrected chi connectivity index (χ0v) is 19.6. The first kappa shape index (κ1) is 23.6. The second-order valence-corrected chi connectivity index (χ2v) is 9.24. The van der Waals surface area contributed by atoms with E-state index in [1.807, 2.05) is 24.3 Å². The number of ether oxygens (including phenoxy) is 1. The average Bonchev–Trinajstić information content (AvgIpc) is 3.15. The Morgan fingerprint density at radius 3 is 2.88 bits per heavy atom. The van der Waals surface area contributed by atoms with Crippen LogP contribution in [0.1, 0.15) is 29.2 Å². The zero-order chi connectivity index (χ0) is 23.4. The van der Waals surface area contributed by atoms with Crippen LogP contribution in [0.2, 0.25) is 5.02 Å². The number of fused-ring (bicyclic) bond motifs is 2. The molecule has 0 bridgehead atoms. The van der Waals surface area contributed by atoms with E-state index < -0.39 is 23.6 Å². The molecule has 0 spiro atoms. The second kappa shape index (κ2) is 10.6. The summed E-state index contributed by atoms with van der Waals surface area (Å²) in [4.78, 5) is 27.5. The van der Waals surface area contributed by atoms with E-state index in [1.165, 1.54) is 0 Å². The molecule has 8 heteroatoms. The van der Waals surface area contributed by atoms with E-state index >= 15 is 0 Å². The van der Waals surface area contributed by atoms with Gasteiger partial charge in [-0.05, 0) is 41.3 Å². The lowest BCUT2D eigenvalue weighted by Crippen LogP contribution is -2.51. The van der Waals surface area contributed by atoms with Crippen LogP contribution in [0.4, 0.5) is 0 Å². The fourth-order valence-electron chi connectivity index (χ4n) is 4.11. The fraction of sp³-hybridized carbons (Fsp3) is 0.280. The first-order valence-corrected chi connectivity index (χ1v) is 12.1. The SMILES string of the molecule is C=CC(=O)/C(O)=C/C(=O)N1CCCOC[C@H]1N[C@@H]1c2ccccc2SCc2cccc(Cl)c21. The van der Waals surface area contributed by atoms with Crippen LogP contribution in [0.3, 0.4) is 0 Å². The van der Waals surface area contributed by atoms with Gasteiger partial charge in [-0.25, -0.2) is 0 Å². The summed E-state index contributed by atoms with van der Waals surface area (Å²) in [6.45, 7) is 4.54. The summed E-state index contributed by atoms with van der Waals surface area (Å²) < 4.78 is 5.78. The predicted molar refractivity (Wildman–Crippen MR) is 129 cm³/mol. The second-order valence-electron chi connectivity index (χ2n) is 7.81. The number of carbonyl (C=O) groups excluding carboxylic acids is 2. The number of thioether (sulfide) groups is 1. The van der Waals surface area contributed by atoms with Crippen molar-refractivity contribution in [3.05, 3.63) is 88.7 Å². The van der Waals surface area contributed by atoms with Gasteiger partial charge >= 0.3 is 0 Å². The molecule has 2 aliphatic heterocycles. The van der Waals surface area contributed by atoms with Crippen LogP contribution < -0.4 is 5.32 Å². The third kappa shape index (κ3) is 5.17. The van der Waals surface area contributed by atoms with Crippen molar-refractivity contribution in [2.45, 2.75) is 29.3 Å².